The number of hydrogen-bond acceptors (Lipinski definition) is 3. The molecule has 2 atom stereocenters. The van der Waals surface area contributed by atoms with Crippen LogP contribution in [0.1, 0.15) is 44.9 Å². The normalized spacial score (nSPS) is 26.2. The molecule has 1 N–H and O–H groups in total. The monoisotopic (exact) mass is 342 g/mol. The van der Waals surface area contributed by atoms with Gasteiger partial charge in [0.05, 0.1) is 6.61 Å². The van der Waals surface area contributed by atoms with Gasteiger partial charge in [-0.15, -0.1) is 0 Å². The minimum Gasteiger partial charge on any atom is -0.494 e. The van der Waals surface area contributed by atoms with Crippen molar-refractivity contribution in [3.8, 4) is 5.75 Å². The van der Waals surface area contributed by atoms with Crippen molar-refractivity contribution in [2.24, 2.45) is 17.8 Å². The second-order valence-corrected chi connectivity index (χ2v) is 8.05. The highest BCUT2D eigenvalue weighted by atomic mass is 16.5. The van der Waals surface area contributed by atoms with Crippen molar-refractivity contribution < 1.29 is 9.53 Å². The molecular formula is C21H30N2O2. The zero-order chi connectivity index (χ0) is 17.1. The van der Waals surface area contributed by atoms with Crippen LogP contribution in [0, 0.1) is 17.8 Å². The summed E-state index contributed by atoms with van der Waals surface area (Å²) in [7, 11) is 0. The highest BCUT2D eigenvalue weighted by Crippen LogP contribution is 2.37. The van der Waals surface area contributed by atoms with Gasteiger partial charge in [0.15, 0.2) is 0 Å². The van der Waals surface area contributed by atoms with Gasteiger partial charge in [-0.2, -0.15) is 0 Å². The third-order valence-corrected chi connectivity index (χ3v) is 6.29. The third kappa shape index (κ3) is 4.17. The summed E-state index contributed by atoms with van der Waals surface area (Å²) in [5.74, 6) is 3.23. The van der Waals surface area contributed by atoms with Crippen LogP contribution in [0.4, 0.5) is 5.69 Å². The van der Waals surface area contributed by atoms with Gasteiger partial charge in [0, 0.05) is 31.2 Å². The molecule has 136 valence electrons. The summed E-state index contributed by atoms with van der Waals surface area (Å²) in [6.07, 6.45) is 8.67. The number of fused-ring (bicyclic) bond motifs is 1. The fraction of sp³-hybridized carbons (Fsp3) is 0.667. The average molecular weight is 342 g/mol. The maximum atomic E-state index is 11.9. The van der Waals surface area contributed by atoms with E-state index in [1.165, 1.54) is 38.8 Å². The predicted octanol–water partition coefficient (Wildman–Crippen LogP) is 3.93. The smallest absolute Gasteiger partial charge is 0.227 e. The molecule has 25 heavy (non-hydrogen) atoms. The molecule has 1 heterocycles. The first-order valence-electron chi connectivity index (χ1n) is 10.0. The number of hydrogen-bond donors (Lipinski definition) is 1. The van der Waals surface area contributed by atoms with Crippen LogP contribution in [0.5, 0.6) is 5.75 Å². The Balaban J connectivity index is 1.14. The van der Waals surface area contributed by atoms with Gasteiger partial charge in [0.25, 0.3) is 0 Å². The highest BCUT2D eigenvalue weighted by Gasteiger charge is 2.35. The van der Waals surface area contributed by atoms with Crippen LogP contribution in [0.25, 0.3) is 0 Å². The van der Waals surface area contributed by atoms with Gasteiger partial charge in [-0.1, -0.05) is 12.8 Å². The van der Waals surface area contributed by atoms with E-state index in [9.17, 15) is 4.79 Å². The lowest BCUT2D eigenvalue weighted by molar-refractivity contribution is -0.122. The maximum Gasteiger partial charge on any atom is 0.227 e. The van der Waals surface area contributed by atoms with E-state index in [0.29, 0.717) is 0 Å². The standard InChI is InChI=1S/C21H30N2O2/c24-21(16-4-1-5-16)22-19-8-10-20(11-9-19)25-13-3-12-23-14-17-6-2-7-18(17)15-23/h8-11,16-18H,1-7,12-15H2,(H,22,24). The summed E-state index contributed by atoms with van der Waals surface area (Å²) < 4.78 is 5.86. The summed E-state index contributed by atoms with van der Waals surface area (Å²) in [6.45, 7) is 4.53. The van der Waals surface area contributed by atoms with Gasteiger partial charge in [-0.25, -0.2) is 0 Å². The van der Waals surface area contributed by atoms with Crippen LogP contribution in [0.3, 0.4) is 0 Å². The first-order valence-corrected chi connectivity index (χ1v) is 10.0. The van der Waals surface area contributed by atoms with E-state index in [-0.39, 0.29) is 11.8 Å². The largest absolute Gasteiger partial charge is 0.494 e. The summed E-state index contributed by atoms with van der Waals surface area (Å²) >= 11 is 0. The van der Waals surface area contributed by atoms with Crippen LogP contribution in [0.2, 0.25) is 0 Å². The molecule has 1 aromatic carbocycles. The van der Waals surface area contributed by atoms with Gasteiger partial charge in [0.1, 0.15) is 5.75 Å². The van der Waals surface area contributed by atoms with Crippen molar-refractivity contribution in [1.29, 1.82) is 0 Å². The van der Waals surface area contributed by atoms with Crippen molar-refractivity contribution in [3.63, 3.8) is 0 Å². The molecule has 3 aliphatic rings. The van der Waals surface area contributed by atoms with Crippen LogP contribution in [-0.4, -0.2) is 37.0 Å². The van der Waals surface area contributed by atoms with Crippen molar-refractivity contribution in [1.82, 2.24) is 4.90 Å². The zero-order valence-electron chi connectivity index (χ0n) is 15.1. The number of carbonyl (C=O) groups is 1. The summed E-state index contributed by atoms with van der Waals surface area (Å²) in [4.78, 5) is 14.6. The molecule has 2 aliphatic carbocycles. The lowest BCUT2D eigenvalue weighted by Gasteiger charge is -2.24. The fourth-order valence-corrected chi connectivity index (χ4v) is 4.54. The summed E-state index contributed by atoms with van der Waals surface area (Å²) in [6, 6.07) is 7.79. The van der Waals surface area contributed by atoms with E-state index in [2.05, 4.69) is 10.2 Å². The predicted molar refractivity (Wildman–Crippen MR) is 99.8 cm³/mol. The summed E-state index contributed by atoms with van der Waals surface area (Å²) in [5, 5.41) is 2.99. The molecule has 2 saturated carbocycles. The Morgan fingerprint density at radius 3 is 2.36 bits per heavy atom. The van der Waals surface area contributed by atoms with E-state index >= 15 is 0 Å². The number of rotatable bonds is 7. The Hall–Kier alpha value is -1.55. The number of benzene rings is 1. The van der Waals surface area contributed by atoms with E-state index in [0.717, 1.165) is 55.7 Å². The Kier molecular flexibility index (Phi) is 5.25. The van der Waals surface area contributed by atoms with Crippen LogP contribution in [0.15, 0.2) is 24.3 Å². The van der Waals surface area contributed by atoms with Gasteiger partial charge < -0.3 is 15.0 Å². The second kappa shape index (κ2) is 7.77. The quantitative estimate of drug-likeness (QED) is 0.764. The second-order valence-electron chi connectivity index (χ2n) is 8.05. The molecule has 1 aromatic rings. The number of carbonyl (C=O) groups excluding carboxylic acids is 1. The molecule has 2 unspecified atom stereocenters. The van der Waals surface area contributed by atoms with Crippen molar-refractivity contribution in [3.05, 3.63) is 24.3 Å². The molecular weight excluding hydrogens is 312 g/mol. The Morgan fingerprint density at radius 1 is 1.04 bits per heavy atom. The molecule has 0 radical (unpaired) electrons. The van der Waals surface area contributed by atoms with Crippen LogP contribution in [-0.2, 0) is 4.79 Å². The third-order valence-electron chi connectivity index (χ3n) is 6.29. The molecule has 0 aromatic heterocycles. The molecule has 4 heteroatoms. The minimum absolute atomic E-state index is 0.162. The van der Waals surface area contributed by atoms with Gasteiger partial charge >= 0.3 is 0 Å². The van der Waals surface area contributed by atoms with Crippen LogP contribution < -0.4 is 10.1 Å². The van der Waals surface area contributed by atoms with Gasteiger partial charge in [-0.3, -0.25) is 4.79 Å². The van der Waals surface area contributed by atoms with E-state index in [1.54, 1.807) is 0 Å². The lowest BCUT2D eigenvalue weighted by Crippen LogP contribution is -2.27. The number of nitrogens with one attached hydrogen (secondary N) is 1. The fourth-order valence-electron chi connectivity index (χ4n) is 4.54. The molecule has 3 fully saturated rings. The molecule has 0 spiro atoms. The van der Waals surface area contributed by atoms with Gasteiger partial charge in [-0.05, 0) is 68.2 Å². The topological polar surface area (TPSA) is 41.6 Å². The maximum absolute atomic E-state index is 11.9. The van der Waals surface area contributed by atoms with Gasteiger partial charge in [0.2, 0.25) is 5.91 Å². The lowest BCUT2D eigenvalue weighted by atomic mass is 9.85. The summed E-state index contributed by atoms with van der Waals surface area (Å²) in [5.41, 5.74) is 0.868. The van der Waals surface area contributed by atoms with Crippen LogP contribution >= 0.6 is 0 Å². The number of ether oxygens (including phenoxy) is 1. The molecule has 1 saturated heterocycles. The SMILES string of the molecule is O=C(Nc1ccc(OCCCN2CC3CCCC3C2)cc1)C1CCC1. The Morgan fingerprint density at radius 2 is 1.72 bits per heavy atom. The Labute approximate surface area is 150 Å². The van der Waals surface area contributed by atoms with E-state index < -0.39 is 0 Å². The van der Waals surface area contributed by atoms with Crippen molar-refractivity contribution >= 4 is 11.6 Å². The molecule has 1 amide bonds. The number of likely N-dealkylation sites (tertiary alicyclic amines) is 1. The highest BCUT2D eigenvalue weighted by molar-refractivity contribution is 5.93. The molecule has 4 nitrogen and oxygen atoms in total. The van der Waals surface area contributed by atoms with E-state index in [1.807, 2.05) is 24.3 Å². The van der Waals surface area contributed by atoms with E-state index in [4.69, 9.17) is 4.74 Å². The average Bonchev–Trinajstić information content (AvgIpc) is 3.12. The number of nitrogens with zero attached hydrogens (tertiary/aromatic N) is 1. The Bertz CT molecular complexity index is 570. The zero-order valence-corrected chi connectivity index (χ0v) is 15.1. The minimum atomic E-state index is 0.162. The molecule has 0 bridgehead atoms. The first-order chi connectivity index (χ1) is 12.3. The molecule has 4 rings (SSSR count). The number of amides is 1. The molecule has 1 aliphatic heterocycles. The van der Waals surface area contributed by atoms with Crippen molar-refractivity contribution in [2.75, 3.05) is 31.6 Å². The van der Waals surface area contributed by atoms with Crippen molar-refractivity contribution in [2.45, 2.75) is 44.9 Å². The number of anilines is 1. The first kappa shape index (κ1) is 16.9.